The van der Waals surface area contributed by atoms with Gasteiger partial charge in [-0.15, -0.1) is 0 Å². The molecule has 2 fully saturated rings. The standard InChI is InChI=1S/C34H39F3N4O4/c1-4-8-30-33(45-25-13-11-24(2)12-14-25,16-7-18-41(30)31(42)26-23-38-17-15-27(26)34(35,36)37)32(43)40-21-19-39(20-22-40)28-9-5-6-10-29(28)44-3/h5-6,9-15,17,23,30H,4,7-8,16,18-22H2,1-3H3. The first-order valence-corrected chi connectivity index (χ1v) is 15.3. The zero-order valence-electron chi connectivity index (χ0n) is 25.8. The number of para-hydroxylation sites is 2. The van der Waals surface area contributed by atoms with Gasteiger partial charge in [0.25, 0.3) is 11.8 Å². The maximum absolute atomic E-state index is 14.8. The van der Waals surface area contributed by atoms with Crippen LogP contribution in [0.5, 0.6) is 11.5 Å². The molecule has 8 nitrogen and oxygen atoms in total. The van der Waals surface area contributed by atoms with Crippen molar-refractivity contribution in [2.24, 2.45) is 0 Å². The van der Waals surface area contributed by atoms with Crippen LogP contribution in [0.3, 0.4) is 0 Å². The summed E-state index contributed by atoms with van der Waals surface area (Å²) in [5.74, 6) is 0.143. The number of methoxy groups -OCH3 is 1. The summed E-state index contributed by atoms with van der Waals surface area (Å²) < 4.78 is 54.1. The predicted molar refractivity (Wildman–Crippen MR) is 165 cm³/mol. The number of carbonyl (C=O) groups is 2. The van der Waals surface area contributed by atoms with Gasteiger partial charge in [-0.25, -0.2) is 0 Å². The van der Waals surface area contributed by atoms with Crippen molar-refractivity contribution in [2.75, 3.05) is 44.7 Å². The highest BCUT2D eigenvalue weighted by molar-refractivity contribution is 5.97. The van der Waals surface area contributed by atoms with E-state index in [4.69, 9.17) is 9.47 Å². The minimum Gasteiger partial charge on any atom is -0.495 e. The number of aromatic nitrogens is 1. The third-order valence-corrected chi connectivity index (χ3v) is 8.72. The Labute approximate surface area is 261 Å². The van der Waals surface area contributed by atoms with Crippen molar-refractivity contribution in [2.45, 2.75) is 57.3 Å². The van der Waals surface area contributed by atoms with Crippen LogP contribution in [0.15, 0.2) is 67.0 Å². The van der Waals surface area contributed by atoms with E-state index in [-0.39, 0.29) is 12.5 Å². The lowest BCUT2D eigenvalue weighted by Crippen LogP contribution is -2.69. The first kappa shape index (κ1) is 32.1. The summed E-state index contributed by atoms with van der Waals surface area (Å²) in [6.45, 7) is 5.99. The smallest absolute Gasteiger partial charge is 0.417 e. The monoisotopic (exact) mass is 624 g/mol. The summed E-state index contributed by atoms with van der Waals surface area (Å²) in [6.07, 6.45) is -1.10. The summed E-state index contributed by atoms with van der Waals surface area (Å²) in [4.78, 5) is 37.9. The molecule has 5 rings (SSSR count). The van der Waals surface area contributed by atoms with Gasteiger partial charge in [0.1, 0.15) is 11.5 Å². The van der Waals surface area contributed by atoms with Crippen molar-refractivity contribution >= 4 is 17.5 Å². The lowest BCUT2D eigenvalue weighted by Gasteiger charge is -2.51. The molecule has 2 aliphatic rings. The van der Waals surface area contributed by atoms with Crippen molar-refractivity contribution in [3.8, 4) is 11.5 Å². The van der Waals surface area contributed by atoms with Gasteiger partial charge >= 0.3 is 6.18 Å². The Morgan fingerprint density at radius 2 is 1.71 bits per heavy atom. The van der Waals surface area contributed by atoms with Crippen LogP contribution in [0.25, 0.3) is 0 Å². The van der Waals surface area contributed by atoms with E-state index >= 15 is 0 Å². The van der Waals surface area contributed by atoms with Crippen LogP contribution in [0.2, 0.25) is 0 Å². The maximum Gasteiger partial charge on any atom is 0.417 e. The molecule has 11 heteroatoms. The molecular weight excluding hydrogens is 585 g/mol. The number of ether oxygens (including phenoxy) is 2. The number of likely N-dealkylation sites (tertiary alicyclic amines) is 1. The van der Waals surface area contributed by atoms with Gasteiger partial charge in [-0.3, -0.25) is 14.6 Å². The molecule has 3 aromatic rings. The topological polar surface area (TPSA) is 75.2 Å². The number of hydrogen-bond acceptors (Lipinski definition) is 6. The number of anilines is 1. The fraction of sp³-hybridized carbons (Fsp3) is 0.441. The zero-order chi connectivity index (χ0) is 32.2. The molecule has 2 atom stereocenters. The summed E-state index contributed by atoms with van der Waals surface area (Å²) in [5.41, 5.74) is -1.13. The largest absolute Gasteiger partial charge is 0.495 e. The second kappa shape index (κ2) is 13.4. The van der Waals surface area contributed by atoms with Gasteiger partial charge in [-0.1, -0.05) is 43.2 Å². The van der Waals surface area contributed by atoms with Crippen molar-refractivity contribution in [1.82, 2.24) is 14.8 Å². The molecule has 2 amide bonds. The van der Waals surface area contributed by atoms with Crippen LogP contribution >= 0.6 is 0 Å². The second-order valence-electron chi connectivity index (χ2n) is 11.6. The number of halogens is 3. The molecule has 0 spiro atoms. The van der Waals surface area contributed by atoms with E-state index < -0.39 is 34.9 Å². The van der Waals surface area contributed by atoms with Gasteiger partial charge < -0.3 is 24.2 Å². The van der Waals surface area contributed by atoms with E-state index in [2.05, 4.69) is 9.88 Å². The minimum absolute atomic E-state index is 0.198. The van der Waals surface area contributed by atoms with Crippen LogP contribution in [-0.4, -0.2) is 78.1 Å². The number of rotatable bonds is 8. The van der Waals surface area contributed by atoms with E-state index in [1.165, 1.54) is 4.90 Å². The number of aryl methyl sites for hydroxylation is 1. The quantitative estimate of drug-likeness (QED) is 0.307. The average Bonchev–Trinajstić information content (AvgIpc) is 3.05. The highest BCUT2D eigenvalue weighted by Gasteiger charge is 2.55. The highest BCUT2D eigenvalue weighted by atomic mass is 19.4. The number of hydrogen-bond donors (Lipinski definition) is 0. The Kier molecular flexibility index (Phi) is 9.55. The molecule has 45 heavy (non-hydrogen) atoms. The molecule has 2 aromatic carbocycles. The van der Waals surface area contributed by atoms with Crippen LogP contribution < -0.4 is 14.4 Å². The molecule has 2 aliphatic heterocycles. The number of benzene rings is 2. The Balaban J connectivity index is 1.50. The molecule has 1 aromatic heterocycles. The molecule has 240 valence electrons. The van der Waals surface area contributed by atoms with E-state index in [0.717, 1.165) is 35.5 Å². The van der Waals surface area contributed by atoms with Crippen molar-refractivity contribution in [3.63, 3.8) is 0 Å². The van der Waals surface area contributed by atoms with E-state index in [1.807, 2.05) is 50.2 Å². The predicted octanol–water partition coefficient (Wildman–Crippen LogP) is 5.99. The van der Waals surface area contributed by atoms with Gasteiger partial charge in [0.15, 0.2) is 0 Å². The molecule has 2 unspecified atom stereocenters. The Morgan fingerprint density at radius 1 is 1.00 bits per heavy atom. The van der Waals surface area contributed by atoms with Gasteiger partial charge in [-0.05, 0) is 50.1 Å². The molecule has 0 aliphatic carbocycles. The Hall–Kier alpha value is -4.28. The van der Waals surface area contributed by atoms with E-state index in [1.54, 1.807) is 24.1 Å². The van der Waals surface area contributed by atoms with E-state index in [0.29, 0.717) is 57.6 Å². The number of amides is 2. The third kappa shape index (κ3) is 6.57. The first-order chi connectivity index (χ1) is 21.6. The Bertz CT molecular complexity index is 1490. The minimum atomic E-state index is -4.74. The SMILES string of the molecule is CCCC1N(C(=O)c2cnccc2C(F)(F)F)CCCC1(Oc1ccc(C)cc1)C(=O)N1CCN(c2ccccc2OC)CC1. The normalized spacial score (nSPS) is 20.6. The van der Waals surface area contributed by atoms with Crippen molar-refractivity contribution < 1.29 is 32.2 Å². The molecule has 2 saturated heterocycles. The van der Waals surface area contributed by atoms with Gasteiger partial charge in [0.2, 0.25) is 5.60 Å². The number of alkyl halides is 3. The first-order valence-electron chi connectivity index (χ1n) is 15.3. The molecule has 3 heterocycles. The summed E-state index contributed by atoms with van der Waals surface area (Å²) >= 11 is 0. The summed E-state index contributed by atoms with van der Waals surface area (Å²) in [6, 6.07) is 15.1. The average molecular weight is 625 g/mol. The summed E-state index contributed by atoms with van der Waals surface area (Å²) in [7, 11) is 1.62. The molecule has 0 saturated carbocycles. The van der Waals surface area contributed by atoms with Crippen LogP contribution in [0.1, 0.15) is 54.1 Å². The highest BCUT2D eigenvalue weighted by Crippen LogP contribution is 2.40. The zero-order valence-corrected chi connectivity index (χ0v) is 25.8. The second-order valence-corrected chi connectivity index (χ2v) is 11.6. The number of piperazine rings is 1. The fourth-order valence-electron chi connectivity index (χ4n) is 6.50. The summed E-state index contributed by atoms with van der Waals surface area (Å²) in [5, 5.41) is 0. The maximum atomic E-state index is 14.8. The molecule has 0 bridgehead atoms. The van der Waals surface area contributed by atoms with Gasteiger partial charge in [0.05, 0.1) is 30.0 Å². The van der Waals surface area contributed by atoms with E-state index in [9.17, 15) is 22.8 Å². The number of pyridine rings is 1. The van der Waals surface area contributed by atoms with Crippen LogP contribution in [0, 0.1) is 6.92 Å². The lowest BCUT2D eigenvalue weighted by atomic mass is 9.79. The Morgan fingerprint density at radius 3 is 2.38 bits per heavy atom. The molecular formula is C34H39F3N4O4. The van der Waals surface area contributed by atoms with Crippen LogP contribution in [-0.2, 0) is 11.0 Å². The van der Waals surface area contributed by atoms with Crippen LogP contribution in [0.4, 0.5) is 18.9 Å². The molecule has 0 radical (unpaired) electrons. The van der Waals surface area contributed by atoms with Gasteiger partial charge in [-0.2, -0.15) is 13.2 Å². The third-order valence-electron chi connectivity index (χ3n) is 8.72. The van der Waals surface area contributed by atoms with Crippen molar-refractivity contribution in [1.29, 1.82) is 0 Å². The lowest BCUT2D eigenvalue weighted by molar-refractivity contribution is -0.159. The number of nitrogens with zero attached hydrogens (tertiary/aromatic N) is 4. The van der Waals surface area contributed by atoms with Gasteiger partial charge in [0, 0.05) is 51.5 Å². The van der Waals surface area contributed by atoms with Crippen molar-refractivity contribution in [3.05, 3.63) is 83.7 Å². The number of carbonyl (C=O) groups excluding carboxylic acids is 2. The number of piperidine rings is 1. The fourth-order valence-corrected chi connectivity index (χ4v) is 6.50. The molecule has 0 N–H and O–H groups in total.